The molecule has 0 aliphatic rings. The molecule has 0 unspecified atom stereocenters. The number of hydrogen-bond acceptors (Lipinski definition) is 5. The zero-order chi connectivity index (χ0) is 15.7. The average molecular weight is 339 g/mol. The Bertz CT molecular complexity index is 901. The standard InChI is InChI=1S/C14H11ClN2O4S/c1-9-8-10(15)2-3-11(9)17-22(18,19)14-5-4-12(20-14)13-6-7-16-21-13/h2-8,17H,1H3. The van der Waals surface area contributed by atoms with Crippen LogP contribution in [0.25, 0.3) is 11.5 Å². The van der Waals surface area contributed by atoms with Crippen molar-refractivity contribution in [3.8, 4) is 11.5 Å². The van der Waals surface area contributed by atoms with Gasteiger partial charge in [0.15, 0.2) is 5.76 Å². The predicted octanol–water partition coefficient (Wildman–Crippen LogP) is 3.70. The molecule has 3 rings (SSSR count). The SMILES string of the molecule is Cc1cc(Cl)ccc1NS(=O)(=O)c1ccc(-c2ccno2)o1. The van der Waals surface area contributed by atoms with Gasteiger partial charge in [0.1, 0.15) is 0 Å². The van der Waals surface area contributed by atoms with Crippen LogP contribution >= 0.6 is 11.6 Å². The summed E-state index contributed by atoms with van der Waals surface area (Å²) in [7, 11) is -3.84. The van der Waals surface area contributed by atoms with Gasteiger partial charge in [-0.05, 0) is 42.8 Å². The number of nitrogens with zero attached hydrogens (tertiary/aromatic N) is 1. The summed E-state index contributed by atoms with van der Waals surface area (Å²) in [5.74, 6) is 0.634. The van der Waals surface area contributed by atoms with Gasteiger partial charge in [0.2, 0.25) is 10.9 Å². The lowest BCUT2D eigenvalue weighted by molar-refractivity contribution is 0.401. The number of hydrogen-bond donors (Lipinski definition) is 1. The van der Waals surface area contributed by atoms with Crippen LogP contribution in [0.3, 0.4) is 0 Å². The van der Waals surface area contributed by atoms with Crippen molar-refractivity contribution in [1.29, 1.82) is 0 Å². The van der Waals surface area contributed by atoms with Crippen molar-refractivity contribution in [2.24, 2.45) is 0 Å². The van der Waals surface area contributed by atoms with Gasteiger partial charge in [0.05, 0.1) is 11.9 Å². The molecule has 1 N–H and O–H groups in total. The molecule has 1 aromatic carbocycles. The molecule has 22 heavy (non-hydrogen) atoms. The van der Waals surface area contributed by atoms with Crippen LogP contribution in [0, 0.1) is 6.92 Å². The molecule has 0 bridgehead atoms. The zero-order valence-electron chi connectivity index (χ0n) is 11.4. The quantitative estimate of drug-likeness (QED) is 0.784. The molecule has 0 saturated heterocycles. The topological polar surface area (TPSA) is 85.3 Å². The Kier molecular flexibility index (Phi) is 3.67. The molecule has 114 valence electrons. The minimum atomic E-state index is -3.84. The van der Waals surface area contributed by atoms with Crippen LogP contribution in [0.1, 0.15) is 5.56 Å². The molecule has 0 amide bonds. The highest BCUT2D eigenvalue weighted by Gasteiger charge is 2.21. The van der Waals surface area contributed by atoms with E-state index in [4.69, 9.17) is 20.5 Å². The number of benzene rings is 1. The summed E-state index contributed by atoms with van der Waals surface area (Å²) >= 11 is 5.85. The third-order valence-electron chi connectivity index (χ3n) is 2.96. The Balaban J connectivity index is 1.90. The third-order valence-corrected chi connectivity index (χ3v) is 4.43. The lowest BCUT2D eigenvalue weighted by Gasteiger charge is -2.08. The summed E-state index contributed by atoms with van der Waals surface area (Å²) in [6.45, 7) is 1.76. The van der Waals surface area contributed by atoms with Gasteiger partial charge in [-0.15, -0.1) is 0 Å². The first-order chi connectivity index (χ1) is 10.5. The molecule has 6 nitrogen and oxygen atoms in total. The summed E-state index contributed by atoms with van der Waals surface area (Å²) in [5, 5.41) is 3.86. The first kappa shape index (κ1) is 14.7. The van der Waals surface area contributed by atoms with Gasteiger partial charge < -0.3 is 8.94 Å². The van der Waals surface area contributed by atoms with Gasteiger partial charge in [-0.3, -0.25) is 4.72 Å². The number of halogens is 1. The second-order valence-corrected chi connectivity index (χ2v) is 6.61. The third kappa shape index (κ3) is 2.86. The summed E-state index contributed by atoms with van der Waals surface area (Å²) in [4.78, 5) is 0. The fraction of sp³-hybridized carbons (Fsp3) is 0.0714. The number of furan rings is 1. The Hall–Kier alpha value is -2.25. The van der Waals surface area contributed by atoms with Crippen LogP contribution in [0.5, 0.6) is 0 Å². The van der Waals surface area contributed by atoms with E-state index in [1.165, 1.54) is 18.3 Å². The zero-order valence-corrected chi connectivity index (χ0v) is 13.0. The van der Waals surface area contributed by atoms with Gasteiger partial charge in [0.25, 0.3) is 10.0 Å². The van der Waals surface area contributed by atoms with Crippen LogP contribution in [-0.4, -0.2) is 13.6 Å². The van der Waals surface area contributed by atoms with Crippen molar-refractivity contribution in [1.82, 2.24) is 5.16 Å². The largest absolute Gasteiger partial charge is 0.439 e. The molecule has 0 radical (unpaired) electrons. The molecular weight excluding hydrogens is 328 g/mol. The molecule has 3 aromatic rings. The Labute approximate surface area is 131 Å². The number of anilines is 1. The van der Waals surface area contributed by atoms with Crippen molar-refractivity contribution in [3.05, 3.63) is 53.2 Å². The maximum absolute atomic E-state index is 12.3. The molecular formula is C14H11ClN2O4S. The Morgan fingerprint density at radius 3 is 2.64 bits per heavy atom. The molecule has 0 aliphatic heterocycles. The first-order valence-electron chi connectivity index (χ1n) is 6.25. The molecule has 0 saturated carbocycles. The van der Waals surface area contributed by atoms with Crippen molar-refractivity contribution < 1.29 is 17.4 Å². The van der Waals surface area contributed by atoms with Crippen molar-refractivity contribution >= 4 is 27.3 Å². The van der Waals surface area contributed by atoms with Gasteiger partial charge in [-0.2, -0.15) is 8.42 Å². The highest BCUT2D eigenvalue weighted by Crippen LogP contribution is 2.27. The fourth-order valence-corrected chi connectivity index (χ4v) is 3.17. The molecule has 8 heteroatoms. The molecule has 0 spiro atoms. The average Bonchev–Trinajstić information content (AvgIpc) is 3.11. The first-order valence-corrected chi connectivity index (χ1v) is 8.12. The molecule has 2 aromatic heterocycles. The summed E-state index contributed by atoms with van der Waals surface area (Å²) in [6, 6.07) is 9.30. The number of sulfonamides is 1. The van der Waals surface area contributed by atoms with Crippen molar-refractivity contribution in [2.75, 3.05) is 4.72 Å². The summed E-state index contributed by atoms with van der Waals surface area (Å²) < 4.78 is 37.4. The molecule has 0 fully saturated rings. The molecule has 2 heterocycles. The van der Waals surface area contributed by atoms with E-state index >= 15 is 0 Å². The molecule has 0 atom stereocenters. The summed E-state index contributed by atoms with van der Waals surface area (Å²) in [5.41, 5.74) is 1.14. The van der Waals surface area contributed by atoms with Crippen LogP contribution in [-0.2, 0) is 10.0 Å². The van der Waals surface area contributed by atoms with Gasteiger partial charge in [0, 0.05) is 11.1 Å². The lowest BCUT2D eigenvalue weighted by Crippen LogP contribution is -2.12. The Morgan fingerprint density at radius 1 is 1.14 bits per heavy atom. The van der Waals surface area contributed by atoms with Crippen LogP contribution in [0.4, 0.5) is 5.69 Å². The van der Waals surface area contributed by atoms with E-state index in [-0.39, 0.29) is 10.9 Å². The van der Waals surface area contributed by atoms with Gasteiger partial charge in [-0.25, -0.2) is 0 Å². The van der Waals surface area contributed by atoms with Gasteiger partial charge in [-0.1, -0.05) is 16.8 Å². The minimum absolute atomic E-state index is 0.215. The minimum Gasteiger partial charge on any atom is -0.439 e. The van der Waals surface area contributed by atoms with E-state index in [0.29, 0.717) is 22.0 Å². The predicted molar refractivity (Wildman–Crippen MR) is 81.2 cm³/mol. The maximum Gasteiger partial charge on any atom is 0.295 e. The number of aryl methyl sites for hydroxylation is 1. The normalized spacial score (nSPS) is 11.5. The van der Waals surface area contributed by atoms with E-state index in [9.17, 15) is 8.42 Å². The van der Waals surface area contributed by atoms with E-state index < -0.39 is 10.0 Å². The maximum atomic E-state index is 12.3. The second kappa shape index (κ2) is 5.51. The van der Waals surface area contributed by atoms with E-state index in [2.05, 4.69) is 9.88 Å². The highest BCUT2D eigenvalue weighted by molar-refractivity contribution is 7.92. The van der Waals surface area contributed by atoms with E-state index in [1.54, 1.807) is 31.2 Å². The fourth-order valence-electron chi connectivity index (χ4n) is 1.88. The van der Waals surface area contributed by atoms with Crippen LogP contribution in [0.15, 0.2) is 56.6 Å². The number of rotatable bonds is 4. The van der Waals surface area contributed by atoms with Crippen LogP contribution < -0.4 is 4.72 Å². The van der Waals surface area contributed by atoms with Gasteiger partial charge >= 0.3 is 0 Å². The van der Waals surface area contributed by atoms with E-state index in [1.807, 2.05) is 0 Å². The Morgan fingerprint density at radius 2 is 1.95 bits per heavy atom. The number of aromatic nitrogens is 1. The monoisotopic (exact) mass is 338 g/mol. The lowest BCUT2D eigenvalue weighted by atomic mass is 10.2. The second-order valence-electron chi connectivity index (χ2n) is 4.56. The van der Waals surface area contributed by atoms with Crippen molar-refractivity contribution in [2.45, 2.75) is 12.0 Å². The summed E-state index contributed by atoms with van der Waals surface area (Å²) in [6.07, 6.45) is 1.45. The number of nitrogens with one attached hydrogen (secondary N) is 1. The van der Waals surface area contributed by atoms with Crippen molar-refractivity contribution in [3.63, 3.8) is 0 Å². The smallest absolute Gasteiger partial charge is 0.295 e. The molecule has 0 aliphatic carbocycles. The van der Waals surface area contributed by atoms with E-state index in [0.717, 1.165) is 0 Å². The van der Waals surface area contributed by atoms with Crippen LogP contribution in [0.2, 0.25) is 5.02 Å². The highest BCUT2D eigenvalue weighted by atomic mass is 35.5.